The molecule has 2 saturated heterocycles. The smallest absolute Gasteiger partial charge is 0.246 e. The maximum Gasteiger partial charge on any atom is 0.246 e. The number of carbonyl (C=O) groups excluding carboxylic acids is 2. The number of likely N-dealkylation sites (tertiary alicyclic amines) is 1. The van der Waals surface area contributed by atoms with Crippen molar-refractivity contribution in [3.8, 4) is 0 Å². The molecule has 162 valence electrons. The molecule has 2 aromatic rings. The van der Waals surface area contributed by atoms with E-state index in [0.29, 0.717) is 13.1 Å². The van der Waals surface area contributed by atoms with E-state index in [2.05, 4.69) is 36.1 Å². The SMILES string of the molecule is Cc1ccccc1N1CCN(C(=O)C2CCN(C(=O)/C=C/c3ccccc3)CC2)CC1. The Morgan fingerprint density at radius 1 is 0.806 bits per heavy atom. The number of benzene rings is 2. The van der Waals surface area contributed by atoms with E-state index in [1.54, 1.807) is 6.08 Å². The van der Waals surface area contributed by atoms with Gasteiger partial charge in [-0.05, 0) is 43.0 Å². The minimum atomic E-state index is 0.0293. The second-order valence-corrected chi connectivity index (χ2v) is 8.44. The fraction of sp³-hybridized carbons (Fsp3) is 0.385. The number of piperidine rings is 1. The van der Waals surface area contributed by atoms with Crippen molar-refractivity contribution in [1.29, 1.82) is 0 Å². The van der Waals surface area contributed by atoms with E-state index in [0.717, 1.165) is 44.6 Å². The lowest BCUT2D eigenvalue weighted by molar-refractivity contribution is -0.139. The van der Waals surface area contributed by atoms with Gasteiger partial charge in [-0.2, -0.15) is 0 Å². The first-order chi connectivity index (χ1) is 15.1. The Bertz CT molecular complexity index is 925. The van der Waals surface area contributed by atoms with Gasteiger partial charge in [-0.1, -0.05) is 48.5 Å². The molecule has 2 aromatic carbocycles. The van der Waals surface area contributed by atoms with Gasteiger partial charge in [-0.15, -0.1) is 0 Å². The highest BCUT2D eigenvalue weighted by Crippen LogP contribution is 2.24. The maximum absolute atomic E-state index is 13.0. The lowest BCUT2D eigenvalue weighted by Crippen LogP contribution is -2.52. The quantitative estimate of drug-likeness (QED) is 0.714. The van der Waals surface area contributed by atoms with Gasteiger partial charge in [0.25, 0.3) is 0 Å². The van der Waals surface area contributed by atoms with Crippen LogP contribution >= 0.6 is 0 Å². The van der Waals surface area contributed by atoms with Crippen molar-refractivity contribution in [2.45, 2.75) is 19.8 Å². The first-order valence-electron chi connectivity index (χ1n) is 11.2. The van der Waals surface area contributed by atoms with Gasteiger partial charge in [0, 0.05) is 56.9 Å². The van der Waals surface area contributed by atoms with Gasteiger partial charge in [0.2, 0.25) is 11.8 Å². The van der Waals surface area contributed by atoms with Gasteiger partial charge in [0.05, 0.1) is 0 Å². The number of hydrogen-bond acceptors (Lipinski definition) is 3. The summed E-state index contributed by atoms with van der Waals surface area (Å²) >= 11 is 0. The first-order valence-corrected chi connectivity index (χ1v) is 11.2. The molecule has 0 aromatic heterocycles. The molecule has 4 rings (SSSR count). The van der Waals surface area contributed by atoms with E-state index in [-0.39, 0.29) is 17.7 Å². The molecular weight excluding hydrogens is 386 g/mol. The number of rotatable bonds is 4. The minimum Gasteiger partial charge on any atom is -0.368 e. The van der Waals surface area contributed by atoms with Crippen LogP contribution in [0.2, 0.25) is 0 Å². The van der Waals surface area contributed by atoms with Crippen LogP contribution in [0.15, 0.2) is 60.7 Å². The summed E-state index contributed by atoms with van der Waals surface area (Å²) in [4.78, 5) is 31.8. The Morgan fingerprint density at radius 3 is 2.13 bits per heavy atom. The van der Waals surface area contributed by atoms with Crippen LogP contribution in [0.5, 0.6) is 0 Å². The van der Waals surface area contributed by atoms with Crippen molar-refractivity contribution in [3.05, 3.63) is 71.8 Å². The minimum absolute atomic E-state index is 0.0293. The zero-order valence-electron chi connectivity index (χ0n) is 18.2. The normalized spacial score (nSPS) is 17.9. The average molecular weight is 418 g/mol. The standard InChI is InChI=1S/C26H31N3O2/c1-21-7-5-6-10-24(21)27-17-19-29(20-18-27)26(31)23-13-15-28(16-14-23)25(30)12-11-22-8-3-2-4-9-22/h2-12,23H,13-20H2,1H3/b12-11+. The van der Waals surface area contributed by atoms with Crippen LogP contribution in [0.3, 0.4) is 0 Å². The zero-order chi connectivity index (χ0) is 21.6. The van der Waals surface area contributed by atoms with E-state index in [1.807, 2.05) is 46.2 Å². The Balaban J connectivity index is 1.25. The number of aryl methyl sites for hydroxylation is 1. The summed E-state index contributed by atoms with van der Waals surface area (Å²) in [5, 5.41) is 0. The molecule has 2 amide bonds. The number of anilines is 1. The highest BCUT2D eigenvalue weighted by molar-refractivity contribution is 5.92. The summed E-state index contributed by atoms with van der Waals surface area (Å²) in [5.74, 6) is 0.324. The summed E-state index contributed by atoms with van der Waals surface area (Å²) in [6.07, 6.45) is 5.00. The molecule has 5 nitrogen and oxygen atoms in total. The molecular formula is C26H31N3O2. The van der Waals surface area contributed by atoms with Crippen LogP contribution in [-0.4, -0.2) is 60.9 Å². The molecule has 2 aliphatic rings. The molecule has 0 radical (unpaired) electrons. The third-order valence-corrected chi connectivity index (χ3v) is 6.42. The Morgan fingerprint density at radius 2 is 1.45 bits per heavy atom. The second kappa shape index (κ2) is 9.82. The maximum atomic E-state index is 13.0. The van der Waals surface area contributed by atoms with Crippen LogP contribution in [0.4, 0.5) is 5.69 Å². The van der Waals surface area contributed by atoms with Crippen molar-refractivity contribution >= 4 is 23.6 Å². The molecule has 0 bridgehead atoms. The Hall–Kier alpha value is -3.08. The van der Waals surface area contributed by atoms with Gasteiger partial charge in [-0.3, -0.25) is 9.59 Å². The molecule has 0 aliphatic carbocycles. The molecule has 0 unspecified atom stereocenters. The van der Waals surface area contributed by atoms with Gasteiger partial charge in [0.15, 0.2) is 0 Å². The summed E-state index contributed by atoms with van der Waals surface area (Å²) in [6, 6.07) is 18.3. The molecule has 0 saturated carbocycles. The van der Waals surface area contributed by atoms with Crippen LogP contribution in [0.25, 0.3) is 6.08 Å². The van der Waals surface area contributed by atoms with E-state index in [9.17, 15) is 9.59 Å². The van der Waals surface area contributed by atoms with Crippen LogP contribution in [0, 0.1) is 12.8 Å². The summed E-state index contributed by atoms with van der Waals surface area (Å²) in [7, 11) is 0. The topological polar surface area (TPSA) is 43.9 Å². The lowest BCUT2D eigenvalue weighted by Gasteiger charge is -2.39. The largest absolute Gasteiger partial charge is 0.368 e. The molecule has 31 heavy (non-hydrogen) atoms. The van der Waals surface area contributed by atoms with E-state index in [1.165, 1.54) is 11.3 Å². The van der Waals surface area contributed by atoms with Crippen LogP contribution in [-0.2, 0) is 9.59 Å². The average Bonchev–Trinajstić information content (AvgIpc) is 2.83. The molecule has 2 aliphatic heterocycles. The fourth-order valence-electron chi connectivity index (χ4n) is 4.53. The highest BCUT2D eigenvalue weighted by Gasteiger charge is 2.31. The first kappa shape index (κ1) is 21.2. The summed E-state index contributed by atoms with van der Waals surface area (Å²) in [6.45, 7) is 6.72. The summed E-state index contributed by atoms with van der Waals surface area (Å²) in [5.41, 5.74) is 3.57. The lowest BCUT2D eigenvalue weighted by atomic mass is 9.94. The molecule has 0 spiro atoms. The highest BCUT2D eigenvalue weighted by atomic mass is 16.2. The zero-order valence-corrected chi connectivity index (χ0v) is 18.2. The summed E-state index contributed by atoms with van der Waals surface area (Å²) < 4.78 is 0. The number of piperazine rings is 1. The molecule has 0 atom stereocenters. The van der Waals surface area contributed by atoms with E-state index >= 15 is 0 Å². The Kier molecular flexibility index (Phi) is 6.70. The Labute approximate surface area is 184 Å². The predicted octanol–water partition coefficient (Wildman–Crippen LogP) is 3.60. The third kappa shape index (κ3) is 5.16. The number of hydrogen-bond donors (Lipinski definition) is 0. The second-order valence-electron chi connectivity index (χ2n) is 8.44. The molecule has 0 N–H and O–H groups in total. The predicted molar refractivity (Wildman–Crippen MR) is 125 cm³/mol. The number of carbonyl (C=O) groups is 2. The fourth-order valence-corrected chi connectivity index (χ4v) is 4.53. The van der Waals surface area contributed by atoms with Crippen LogP contribution in [0.1, 0.15) is 24.0 Å². The van der Waals surface area contributed by atoms with Crippen LogP contribution < -0.4 is 4.90 Å². The molecule has 2 fully saturated rings. The van der Waals surface area contributed by atoms with Crippen molar-refractivity contribution < 1.29 is 9.59 Å². The van der Waals surface area contributed by atoms with Crippen molar-refractivity contribution in [2.24, 2.45) is 5.92 Å². The van der Waals surface area contributed by atoms with Crippen molar-refractivity contribution in [3.63, 3.8) is 0 Å². The molecule has 2 heterocycles. The van der Waals surface area contributed by atoms with E-state index < -0.39 is 0 Å². The van der Waals surface area contributed by atoms with Gasteiger partial charge in [0.1, 0.15) is 0 Å². The number of amides is 2. The number of para-hydroxylation sites is 1. The van der Waals surface area contributed by atoms with Gasteiger partial charge < -0.3 is 14.7 Å². The van der Waals surface area contributed by atoms with Crippen molar-refractivity contribution in [2.75, 3.05) is 44.2 Å². The monoisotopic (exact) mass is 417 g/mol. The third-order valence-electron chi connectivity index (χ3n) is 6.42. The van der Waals surface area contributed by atoms with Gasteiger partial charge in [-0.25, -0.2) is 0 Å². The van der Waals surface area contributed by atoms with E-state index in [4.69, 9.17) is 0 Å². The van der Waals surface area contributed by atoms with Gasteiger partial charge >= 0.3 is 0 Å². The van der Waals surface area contributed by atoms with Crippen molar-refractivity contribution in [1.82, 2.24) is 9.80 Å². The number of nitrogens with zero attached hydrogens (tertiary/aromatic N) is 3. The molecule has 5 heteroatoms.